The van der Waals surface area contributed by atoms with Gasteiger partial charge in [0, 0.05) is 12.7 Å². The lowest BCUT2D eigenvalue weighted by molar-refractivity contribution is 0.318. The minimum Gasteiger partial charge on any atom is -0.409 e. The SMILES string of the molecule is Cc1ccc(F)cc1Cn1cccc1/C(N)=N/O. The van der Waals surface area contributed by atoms with Crippen LogP contribution in [0.2, 0.25) is 0 Å². The van der Waals surface area contributed by atoms with Crippen LogP contribution >= 0.6 is 0 Å². The fourth-order valence-corrected chi connectivity index (χ4v) is 1.83. The van der Waals surface area contributed by atoms with E-state index in [1.54, 1.807) is 29.0 Å². The van der Waals surface area contributed by atoms with Gasteiger partial charge in [-0.2, -0.15) is 0 Å². The third-order valence-electron chi connectivity index (χ3n) is 2.85. The summed E-state index contributed by atoms with van der Waals surface area (Å²) in [5.74, 6) is -0.234. The molecule has 94 valence electrons. The fourth-order valence-electron chi connectivity index (χ4n) is 1.83. The van der Waals surface area contributed by atoms with Crippen LogP contribution in [0.4, 0.5) is 4.39 Å². The van der Waals surface area contributed by atoms with Gasteiger partial charge in [0.2, 0.25) is 0 Å². The van der Waals surface area contributed by atoms with Gasteiger partial charge >= 0.3 is 0 Å². The molecule has 18 heavy (non-hydrogen) atoms. The molecule has 2 rings (SSSR count). The van der Waals surface area contributed by atoms with Crippen LogP contribution < -0.4 is 5.73 Å². The van der Waals surface area contributed by atoms with E-state index in [2.05, 4.69) is 5.16 Å². The van der Waals surface area contributed by atoms with Gasteiger partial charge < -0.3 is 15.5 Å². The molecule has 5 heteroatoms. The van der Waals surface area contributed by atoms with E-state index in [1.165, 1.54) is 12.1 Å². The Hall–Kier alpha value is -2.30. The molecule has 0 aliphatic heterocycles. The first-order chi connectivity index (χ1) is 8.61. The van der Waals surface area contributed by atoms with Crippen molar-refractivity contribution in [3.05, 3.63) is 59.2 Å². The van der Waals surface area contributed by atoms with Gasteiger partial charge in [0.25, 0.3) is 0 Å². The van der Waals surface area contributed by atoms with Crippen LogP contribution in [0.3, 0.4) is 0 Å². The van der Waals surface area contributed by atoms with Crippen molar-refractivity contribution in [2.24, 2.45) is 10.9 Å². The third kappa shape index (κ3) is 2.34. The number of oxime groups is 1. The molecule has 0 amide bonds. The average Bonchev–Trinajstić information content (AvgIpc) is 2.81. The molecule has 0 unspecified atom stereocenters. The van der Waals surface area contributed by atoms with Crippen molar-refractivity contribution in [3.8, 4) is 0 Å². The highest BCUT2D eigenvalue weighted by atomic mass is 19.1. The van der Waals surface area contributed by atoms with Crippen molar-refractivity contribution in [2.45, 2.75) is 13.5 Å². The molecule has 1 heterocycles. The lowest BCUT2D eigenvalue weighted by atomic mass is 10.1. The zero-order valence-electron chi connectivity index (χ0n) is 9.97. The van der Waals surface area contributed by atoms with Crippen molar-refractivity contribution in [1.82, 2.24) is 4.57 Å². The highest BCUT2D eigenvalue weighted by molar-refractivity contribution is 5.95. The topological polar surface area (TPSA) is 63.5 Å². The number of nitrogens with zero attached hydrogens (tertiary/aromatic N) is 2. The van der Waals surface area contributed by atoms with Crippen LogP contribution in [0, 0.1) is 12.7 Å². The highest BCUT2D eigenvalue weighted by Gasteiger charge is 2.08. The third-order valence-corrected chi connectivity index (χ3v) is 2.85. The second kappa shape index (κ2) is 4.91. The predicted molar refractivity (Wildman–Crippen MR) is 67.2 cm³/mol. The summed E-state index contributed by atoms with van der Waals surface area (Å²) in [7, 11) is 0. The molecule has 0 saturated heterocycles. The molecule has 0 bridgehead atoms. The van der Waals surface area contributed by atoms with Crippen LogP contribution in [0.25, 0.3) is 0 Å². The van der Waals surface area contributed by atoms with E-state index < -0.39 is 0 Å². The van der Waals surface area contributed by atoms with Gasteiger partial charge in [-0.3, -0.25) is 0 Å². The van der Waals surface area contributed by atoms with Crippen LogP contribution in [0.1, 0.15) is 16.8 Å². The van der Waals surface area contributed by atoms with Gasteiger partial charge in [-0.25, -0.2) is 4.39 Å². The second-order valence-corrected chi connectivity index (χ2v) is 4.08. The van der Waals surface area contributed by atoms with E-state index in [9.17, 15) is 4.39 Å². The van der Waals surface area contributed by atoms with Crippen LogP contribution in [-0.2, 0) is 6.54 Å². The largest absolute Gasteiger partial charge is 0.409 e. The zero-order valence-corrected chi connectivity index (χ0v) is 9.97. The molecule has 3 N–H and O–H groups in total. The fraction of sp³-hybridized carbons (Fsp3) is 0.154. The molecule has 1 aromatic carbocycles. The molecule has 0 atom stereocenters. The normalized spacial score (nSPS) is 11.8. The molecular weight excluding hydrogens is 233 g/mol. The Morgan fingerprint density at radius 1 is 1.44 bits per heavy atom. The number of nitrogens with two attached hydrogens (primary N) is 1. The summed E-state index contributed by atoms with van der Waals surface area (Å²) in [6.07, 6.45) is 1.80. The van der Waals surface area contributed by atoms with E-state index in [4.69, 9.17) is 10.9 Å². The van der Waals surface area contributed by atoms with Gasteiger partial charge in [0.15, 0.2) is 5.84 Å². The molecule has 0 aliphatic rings. The maximum Gasteiger partial charge on any atom is 0.186 e. The monoisotopic (exact) mass is 247 g/mol. The summed E-state index contributed by atoms with van der Waals surface area (Å²) in [6.45, 7) is 2.39. The number of aryl methyl sites for hydroxylation is 1. The Morgan fingerprint density at radius 3 is 2.94 bits per heavy atom. The van der Waals surface area contributed by atoms with E-state index in [-0.39, 0.29) is 11.7 Å². The van der Waals surface area contributed by atoms with E-state index in [0.717, 1.165) is 11.1 Å². The molecule has 0 fully saturated rings. The molecule has 0 spiro atoms. The summed E-state index contributed by atoms with van der Waals surface area (Å²) < 4.78 is 15.0. The maximum absolute atomic E-state index is 13.2. The van der Waals surface area contributed by atoms with Crippen molar-refractivity contribution in [1.29, 1.82) is 0 Å². The van der Waals surface area contributed by atoms with Crippen LogP contribution in [0.5, 0.6) is 0 Å². The number of rotatable bonds is 3. The summed E-state index contributed by atoms with van der Waals surface area (Å²) in [6, 6.07) is 8.19. The molecular formula is C13H14FN3O. The molecule has 2 aromatic rings. The Labute approximate surface area is 104 Å². The molecule has 0 saturated carbocycles. The quantitative estimate of drug-likeness (QED) is 0.377. The minimum atomic E-state index is -0.270. The average molecular weight is 247 g/mol. The Kier molecular flexibility index (Phi) is 3.32. The lowest BCUT2D eigenvalue weighted by Gasteiger charge is -2.10. The van der Waals surface area contributed by atoms with E-state index in [0.29, 0.717) is 12.2 Å². The maximum atomic E-state index is 13.2. The first kappa shape index (κ1) is 12.2. The number of amidine groups is 1. The number of halogens is 1. The van der Waals surface area contributed by atoms with Crippen molar-refractivity contribution < 1.29 is 9.60 Å². The summed E-state index contributed by atoms with van der Waals surface area (Å²) in [5, 5.41) is 11.7. The van der Waals surface area contributed by atoms with Gasteiger partial charge in [0.05, 0.1) is 5.69 Å². The summed E-state index contributed by atoms with van der Waals surface area (Å²) >= 11 is 0. The standard InChI is InChI=1S/C13H14FN3O/c1-9-4-5-11(14)7-10(9)8-17-6-2-3-12(17)13(15)16-18/h2-7,18H,8H2,1H3,(H2,15,16). The van der Waals surface area contributed by atoms with Crippen molar-refractivity contribution in [3.63, 3.8) is 0 Å². The lowest BCUT2D eigenvalue weighted by Crippen LogP contribution is -2.18. The number of hydrogen-bond donors (Lipinski definition) is 2. The summed E-state index contributed by atoms with van der Waals surface area (Å²) in [4.78, 5) is 0. The molecule has 0 radical (unpaired) electrons. The minimum absolute atomic E-state index is 0.0362. The zero-order chi connectivity index (χ0) is 13.1. The predicted octanol–water partition coefficient (Wildman–Crippen LogP) is 2.08. The first-order valence-corrected chi connectivity index (χ1v) is 5.50. The number of benzene rings is 1. The van der Waals surface area contributed by atoms with Crippen molar-refractivity contribution in [2.75, 3.05) is 0 Å². The van der Waals surface area contributed by atoms with Crippen molar-refractivity contribution >= 4 is 5.84 Å². The van der Waals surface area contributed by atoms with Gasteiger partial charge in [-0.05, 0) is 42.3 Å². The molecule has 0 aliphatic carbocycles. The summed E-state index contributed by atoms with van der Waals surface area (Å²) in [5.41, 5.74) is 8.02. The second-order valence-electron chi connectivity index (χ2n) is 4.08. The van der Waals surface area contributed by atoms with Crippen LogP contribution in [-0.4, -0.2) is 15.6 Å². The highest BCUT2D eigenvalue weighted by Crippen LogP contribution is 2.13. The Balaban J connectivity index is 2.35. The van der Waals surface area contributed by atoms with E-state index in [1.807, 2.05) is 6.92 Å². The molecule has 4 nitrogen and oxygen atoms in total. The smallest absolute Gasteiger partial charge is 0.186 e. The first-order valence-electron chi connectivity index (χ1n) is 5.50. The number of aromatic nitrogens is 1. The van der Waals surface area contributed by atoms with Crippen LogP contribution in [0.15, 0.2) is 41.7 Å². The Morgan fingerprint density at radius 2 is 2.22 bits per heavy atom. The van der Waals surface area contributed by atoms with Gasteiger partial charge in [0.1, 0.15) is 5.82 Å². The van der Waals surface area contributed by atoms with Gasteiger partial charge in [-0.1, -0.05) is 11.2 Å². The number of hydrogen-bond acceptors (Lipinski definition) is 2. The van der Waals surface area contributed by atoms with E-state index >= 15 is 0 Å². The Bertz CT molecular complexity index is 590. The van der Waals surface area contributed by atoms with Gasteiger partial charge in [-0.15, -0.1) is 0 Å². The molecule has 1 aromatic heterocycles.